The standard InChI is InChI=1S/C21H17FN4O3S/c1-12-2-8-16(30(23,28)29)11-17(12)21(27)24-15-6-3-13(4-7-15)20-25-18-9-5-14(22)10-19(18)26-20/h2-11H,1H3,(H,24,27)(H,25,26)(H2,23,28,29). The SMILES string of the molecule is Cc1ccc(S(N)(=O)=O)cc1C(=O)Nc1ccc(-c2nc3ccc(F)cc3[nH]2)cc1. The summed E-state index contributed by atoms with van der Waals surface area (Å²) in [5.41, 5.74) is 3.35. The number of aromatic nitrogens is 2. The summed E-state index contributed by atoms with van der Waals surface area (Å²) in [6.07, 6.45) is 0. The molecular formula is C21H17FN4O3S. The number of anilines is 1. The maximum absolute atomic E-state index is 13.4. The number of benzene rings is 3. The van der Waals surface area contributed by atoms with Crippen LogP contribution in [0.5, 0.6) is 0 Å². The Bertz CT molecular complexity index is 1380. The van der Waals surface area contributed by atoms with Gasteiger partial charge in [0.25, 0.3) is 5.91 Å². The van der Waals surface area contributed by atoms with Gasteiger partial charge in [-0.25, -0.2) is 22.9 Å². The summed E-state index contributed by atoms with van der Waals surface area (Å²) in [6, 6.07) is 15.4. The van der Waals surface area contributed by atoms with Gasteiger partial charge >= 0.3 is 0 Å². The quantitative estimate of drug-likeness (QED) is 0.464. The first-order valence-electron chi connectivity index (χ1n) is 8.91. The van der Waals surface area contributed by atoms with Crippen LogP contribution in [0.25, 0.3) is 22.4 Å². The molecule has 9 heteroatoms. The highest BCUT2D eigenvalue weighted by molar-refractivity contribution is 7.89. The van der Waals surface area contributed by atoms with Crippen LogP contribution in [0.4, 0.5) is 10.1 Å². The van der Waals surface area contributed by atoms with Gasteiger partial charge in [0.2, 0.25) is 10.0 Å². The van der Waals surface area contributed by atoms with Gasteiger partial charge in [-0.2, -0.15) is 0 Å². The minimum Gasteiger partial charge on any atom is -0.338 e. The molecule has 0 atom stereocenters. The molecule has 1 amide bonds. The van der Waals surface area contributed by atoms with E-state index in [-0.39, 0.29) is 16.3 Å². The van der Waals surface area contributed by atoms with E-state index in [1.54, 1.807) is 37.3 Å². The molecule has 1 aromatic heterocycles. The van der Waals surface area contributed by atoms with Crippen LogP contribution in [0, 0.1) is 12.7 Å². The molecule has 3 aromatic carbocycles. The van der Waals surface area contributed by atoms with E-state index >= 15 is 0 Å². The lowest BCUT2D eigenvalue weighted by atomic mass is 10.1. The van der Waals surface area contributed by atoms with Gasteiger partial charge in [0.15, 0.2) is 0 Å². The number of aromatic amines is 1. The number of aryl methyl sites for hydroxylation is 1. The second-order valence-electron chi connectivity index (χ2n) is 6.80. The number of nitrogens with two attached hydrogens (primary N) is 1. The van der Waals surface area contributed by atoms with Gasteiger partial charge in [-0.3, -0.25) is 4.79 Å². The molecule has 0 spiro atoms. The van der Waals surface area contributed by atoms with Crippen molar-refractivity contribution in [3.63, 3.8) is 0 Å². The lowest BCUT2D eigenvalue weighted by molar-refractivity contribution is 0.102. The molecule has 4 aromatic rings. The first-order valence-corrected chi connectivity index (χ1v) is 10.5. The predicted molar refractivity (Wildman–Crippen MR) is 112 cm³/mol. The fourth-order valence-corrected chi connectivity index (χ4v) is 3.59. The summed E-state index contributed by atoms with van der Waals surface area (Å²) in [7, 11) is -3.91. The van der Waals surface area contributed by atoms with Gasteiger partial charge in [-0.15, -0.1) is 0 Å². The number of primary sulfonamides is 1. The number of rotatable bonds is 4. The van der Waals surface area contributed by atoms with Crippen LogP contribution in [0.1, 0.15) is 15.9 Å². The normalized spacial score (nSPS) is 11.6. The third-order valence-electron chi connectivity index (χ3n) is 4.64. The summed E-state index contributed by atoms with van der Waals surface area (Å²) >= 11 is 0. The first kappa shape index (κ1) is 19.7. The lowest BCUT2D eigenvalue weighted by Gasteiger charge is -2.09. The van der Waals surface area contributed by atoms with Crippen LogP contribution in [-0.4, -0.2) is 24.3 Å². The van der Waals surface area contributed by atoms with Crippen molar-refractivity contribution in [1.82, 2.24) is 9.97 Å². The largest absolute Gasteiger partial charge is 0.338 e. The number of fused-ring (bicyclic) bond motifs is 1. The van der Waals surface area contributed by atoms with Crippen molar-refractivity contribution in [3.05, 3.63) is 77.6 Å². The van der Waals surface area contributed by atoms with Crippen LogP contribution in [0.3, 0.4) is 0 Å². The molecule has 0 aliphatic carbocycles. The van der Waals surface area contributed by atoms with E-state index in [1.807, 2.05) is 0 Å². The number of nitrogens with zero attached hydrogens (tertiary/aromatic N) is 1. The monoisotopic (exact) mass is 424 g/mol. The molecule has 0 radical (unpaired) electrons. The van der Waals surface area contributed by atoms with E-state index in [0.717, 1.165) is 5.56 Å². The van der Waals surface area contributed by atoms with Crippen molar-refractivity contribution >= 4 is 32.7 Å². The summed E-state index contributed by atoms with van der Waals surface area (Å²) in [6.45, 7) is 1.70. The Morgan fingerprint density at radius 3 is 2.50 bits per heavy atom. The molecule has 7 nitrogen and oxygen atoms in total. The average Bonchev–Trinajstić information content (AvgIpc) is 3.11. The molecule has 4 N–H and O–H groups in total. The zero-order valence-electron chi connectivity index (χ0n) is 15.8. The molecule has 0 saturated carbocycles. The highest BCUT2D eigenvalue weighted by Gasteiger charge is 2.15. The smallest absolute Gasteiger partial charge is 0.255 e. The molecule has 0 unspecified atom stereocenters. The number of hydrogen-bond acceptors (Lipinski definition) is 4. The molecule has 1 heterocycles. The summed E-state index contributed by atoms with van der Waals surface area (Å²) in [5.74, 6) is -0.229. The van der Waals surface area contributed by atoms with E-state index in [0.29, 0.717) is 28.1 Å². The minimum atomic E-state index is -3.91. The Morgan fingerprint density at radius 1 is 1.07 bits per heavy atom. The van der Waals surface area contributed by atoms with E-state index in [4.69, 9.17) is 5.14 Å². The number of nitrogens with one attached hydrogen (secondary N) is 2. The molecule has 0 aliphatic rings. The number of H-pyrrole nitrogens is 1. The summed E-state index contributed by atoms with van der Waals surface area (Å²) in [4.78, 5) is 20.0. The van der Waals surface area contributed by atoms with Crippen LogP contribution >= 0.6 is 0 Å². The Labute approximate surface area is 171 Å². The van der Waals surface area contributed by atoms with Crippen molar-refractivity contribution in [2.75, 3.05) is 5.32 Å². The Hall–Kier alpha value is -3.56. The third-order valence-corrected chi connectivity index (χ3v) is 5.55. The van der Waals surface area contributed by atoms with Crippen LogP contribution < -0.4 is 10.5 Å². The van der Waals surface area contributed by atoms with Crippen molar-refractivity contribution in [2.24, 2.45) is 5.14 Å². The number of sulfonamides is 1. The summed E-state index contributed by atoms with van der Waals surface area (Å²) in [5, 5.41) is 7.88. The second kappa shape index (κ2) is 7.36. The minimum absolute atomic E-state index is 0.130. The lowest BCUT2D eigenvalue weighted by Crippen LogP contribution is -2.17. The van der Waals surface area contributed by atoms with Gasteiger partial charge in [0, 0.05) is 16.8 Å². The van der Waals surface area contributed by atoms with E-state index in [2.05, 4.69) is 15.3 Å². The van der Waals surface area contributed by atoms with E-state index < -0.39 is 15.9 Å². The average molecular weight is 424 g/mol. The van der Waals surface area contributed by atoms with E-state index in [1.165, 1.54) is 30.3 Å². The van der Waals surface area contributed by atoms with Gasteiger partial charge in [0.1, 0.15) is 11.6 Å². The number of carbonyl (C=O) groups is 1. The highest BCUT2D eigenvalue weighted by atomic mass is 32.2. The summed E-state index contributed by atoms with van der Waals surface area (Å²) < 4.78 is 36.5. The third kappa shape index (κ3) is 3.93. The fourth-order valence-electron chi connectivity index (χ4n) is 3.05. The maximum Gasteiger partial charge on any atom is 0.255 e. The van der Waals surface area contributed by atoms with Gasteiger partial charge in [0.05, 0.1) is 15.9 Å². The van der Waals surface area contributed by atoms with E-state index in [9.17, 15) is 17.6 Å². The van der Waals surface area contributed by atoms with Crippen molar-refractivity contribution < 1.29 is 17.6 Å². The van der Waals surface area contributed by atoms with Crippen LogP contribution in [0.15, 0.2) is 65.6 Å². The van der Waals surface area contributed by atoms with Gasteiger partial charge < -0.3 is 10.3 Å². The maximum atomic E-state index is 13.4. The van der Waals surface area contributed by atoms with Gasteiger partial charge in [-0.1, -0.05) is 6.07 Å². The zero-order valence-corrected chi connectivity index (χ0v) is 16.6. The molecule has 0 fully saturated rings. The van der Waals surface area contributed by atoms with Crippen molar-refractivity contribution in [3.8, 4) is 11.4 Å². The van der Waals surface area contributed by atoms with Crippen molar-refractivity contribution in [2.45, 2.75) is 11.8 Å². The highest BCUT2D eigenvalue weighted by Crippen LogP contribution is 2.23. The second-order valence-corrected chi connectivity index (χ2v) is 8.36. The van der Waals surface area contributed by atoms with Crippen LogP contribution in [-0.2, 0) is 10.0 Å². The number of hydrogen-bond donors (Lipinski definition) is 3. The number of imidazole rings is 1. The predicted octanol–water partition coefficient (Wildman–Crippen LogP) is 3.58. The molecule has 4 rings (SSSR count). The number of amides is 1. The molecule has 0 saturated heterocycles. The fraction of sp³-hybridized carbons (Fsp3) is 0.0476. The Morgan fingerprint density at radius 2 is 1.80 bits per heavy atom. The first-order chi connectivity index (χ1) is 14.2. The topological polar surface area (TPSA) is 118 Å². The molecular weight excluding hydrogens is 407 g/mol. The number of halogens is 1. The Kier molecular flexibility index (Phi) is 4.84. The Balaban J connectivity index is 1.57. The molecule has 0 bridgehead atoms. The number of carbonyl (C=O) groups excluding carboxylic acids is 1. The van der Waals surface area contributed by atoms with Crippen LogP contribution in [0.2, 0.25) is 0 Å². The van der Waals surface area contributed by atoms with Crippen molar-refractivity contribution in [1.29, 1.82) is 0 Å². The van der Waals surface area contributed by atoms with Gasteiger partial charge in [-0.05, 0) is 67.1 Å². The zero-order chi connectivity index (χ0) is 21.5. The molecule has 0 aliphatic heterocycles. The molecule has 30 heavy (non-hydrogen) atoms. The molecule has 152 valence electrons.